The van der Waals surface area contributed by atoms with Gasteiger partial charge < -0.3 is 14.7 Å². The fraction of sp³-hybridized carbons (Fsp3) is 0.364. The van der Waals surface area contributed by atoms with Gasteiger partial charge in [0.1, 0.15) is 0 Å². The number of piperazine rings is 1. The number of hydrogen-bond donors (Lipinski definition) is 0. The normalized spacial score (nSPS) is 14.2. The van der Waals surface area contributed by atoms with Crippen molar-refractivity contribution in [3.8, 4) is 0 Å². The molecule has 142 valence electrons. The summed E-state index contributed by atoms with van der Waals surface area (Å²) in [5.41, 5.74) is 3.63. The van der Waals surface area contributed by atoms with Crippen LogP contribution in [0.15, 0.2) is 48.5 Å². The van der Waals surface area contributed by atoms with Gasteiger partial charge in [0.15, 0.2) is 0 Å². The Morgan fingerprint density at radius 1 is 0.852 bits per heavy atom. The van der Waals surface area contributed by atoms with Crippen LogP contribution in [0.1, 0.15) is 33.2 Å². The van der Waals surface area contributed by atoms with E-state index in [1.54, 1.807) is 0 Å². The standard InChI is InChI=1S/C22H27N3O2/c1-4-17-8-10-18(11-9-17)21(26)24-12-14-25(15-13-24)22(27)19-6-5-7-20(16-19)23(2)3/h5-11,16H,4,12-15H2,1-3H3. The van der Waals surface area contributed by atoms with Crippen LogP contribution in [0.4, 0.5) is 5.69 Å². The van der Waals surface area contributed by atoms with Crippen molar-refractivity contribution in [1.29, 1.82) is 0 Å². The summed E-state index contributed by atoms with van der Waals surface area (Å²) >= 11 is 0. The van der Waals surface area contributed by atoms with E-state index in [4.69, 9.17) is 0 Å². The molecule has 0 aliphatic carbocycles. The molecule has 2 amide bonds. The molecule has 1 aliphatic rings. The molecule has 1 saturated heterocycles. The fourth-order valence-electron chi connectivity index (χ4n) is 3.28. The van der Waals surface area contributed by atoms with Crippen molar-refractivity contribution in [3.05, 3.63) is 65.2 Å². The van der Waals surface area contributed by atoms with Gasteiger partial charge in [-0.15, -0.1) is 0 Å². The fourth-order valence-corrected chi connectivity index (χ4v) is 3.28. The number of anilines is 1. The molecular formula is C22H27N3O2. The summed E-state index contributed by atoms with van der Waals surface area (Å²) in [6, 6.07) is 15.4. The van der Waals surface area contributed by atoms with E-state index >= 15 is 0 Å². The molecule has 3 rings (SSSR count). The van der Waals surface area contributed by atoms with Gasteiger partial charge in [-0.05, 0) is 42.3 Å². The Morgan fingerprint density at radius 3 is 1.93 bits per heavy atom. The highest BCUT2D eigenvalue weighted by atomic mass is 16.2. The van der Waals surface area contributed by atoms with E-state index in [9.17, 15) is 9.59 Å². The van der Waals surface area contributed by atoms with E-state index in [2.05, 4.69) is 6.92 Å². The molecule has 0 atom stereocenters. The second-order valence-corrected chi connectivity index (χ2v) is 7.08. The highest BCUT2D eigenvalue weighted by Gasteiger charge is 2.25. The van der Waals surface area contributed by atoms with Crippen LogP contribution < -0.4 is 4.90 Å². The van der Waals surface area contributed by atoms with Gasteiger partial charge in [-0.25, -0.2) is 0 Å². The Balaban J connectivity index is 1.61. The zero-order chi connectivity index (χ0) is 19.4. The van der Waals surface area contributed by atoms with Gasteiger partial charge in [-0.3, -0.25) is 9.59 Å². The van der Waals surface area contributed by atoms with Crippen LogP contribution in [0.5, 0.6) is 0 Å². The maximum Gasteiger partial charge on any atom is 0.254 e. The molecule has 0 unspecified atom stereocenters. The Hall–Kier alpha value is -2.82. The van der Waals surface area contributed by atoms with Crippen LogP contribution >= 0.6 is 0 Å². The molecule has 0 aromatic heterocycles. The van der Waals surface area contributed by atoms with Gasteiger partial charge in [0.05, 0.1) is 0 Å². The molecule has 0 bridgehead atoms. The zero-order valence-electron chi connectivity index (χ0n) is 16.3. The second-order valence-electron chi connectivity index (χ2n) is 7.08. The van der Waals surface area contributed by atoms with E-state index in [1.807, 2.05) is 77.3 Å². The third-order valence-electron chi connectivity index (χ3n) is 5.07. The molecule has 1 heterocycles. The van der Waals surface area contributed by atoms with Crippen molar-refractivity contribution in [2.45, 2.75) is 13.3 Å². The Kier molecular flexibility index (Phi) is 5.79. The van der Waals surface area contributed by atoms with Crippen molar-refractivity contribution in [1.82, 2.24) is 9.80 Å². The van der Waals surface area contributed by atoms with E-state index in [0.717, 1.165) is 12.1 Å². The molecular weight excluding hydrogens is 338 g/mol. The molecule has 2 aromatic carbocycles. The van der Waals surface area contributed by atoms with Crippen LogP contribution in [-0.2, 0) is 6.42 Å². The van der Waals surface area contributed by atoms with Crippen molar-refractivity contribution in [3.63, 3.8) is 0 Å². The summed E-state index contributed by atoms with van der Waals surface area (Å²) in [4.78, 5) is 31.1. The Morgan fingerprint density at radius 2 is 1.41 bits per heavy atom. The summed E-state index contributed by atoms with van der Waals surface area (Å²) in [6.45, 7) is 4.34. The molecule has 1 aliphatic heterocycles. The number of carbonyl (C=O) groups is 2. The number of nitrogens with zero attached hydrogens (tertiary/aromatic N) is 3. The minimum atomic E-state index is 0.0260. The Bertz CT molecular complexity index is 807. The van der Waals surface area contributed by atoms with Crippen LogP contribution in [0.25, 0.3) is 0 Å². The first kappa shape index (κ1) is 19.0. The van der Waals surface area contributed by atoms with Gasteiger partial charge >= 0.3 is 0 Å². The number of benzene rings is 2. The minimum absolute atomic E-state index is 0.0260. The molecule has 2 aromatic rings. The van der Waals surface area contributed by atoms with Crippen LogP contribution in [0.2, 0.25) is 0 Å². The summed E-state index contributed by atoms with van der Waals surface area (Å²) in [7, 11) is 3.92. The predicted molar refractivity (Wildman–Crippen MR) is 108 cm³/mol. The number of aryl methyl sites for hydroxylation is 1. The summed E-state index contributed by atoms with van der Waals surface area (Å²) in [5.74, 6) is 0.0671. The maximum atomic E-state index is 12.8. The smallest absolute Gasteiger partial charge is 0.254 e. The van der Waals surface area contributed by atoms with E-state index in [0.29, 0.717) is 37.3 Å². The first-order valence-corrected chi connectivity index (χ1v) is 9.44. The summed E-state index contributed by atoms with van der Waals surface area (Å²) in [6.07, 6.45) is 0.963. The van der Waals surface area contributed by atoms with Crippen molar-refractivity contribution < 1.29 is 9.59 Å². The van der Waals surface area contributed by atoms with Crippen LogP contribution in [0, 0.1) is 0 Å². The topological polar surface area (TPSA) is 43.9 Å². The molecule has 0 N–H and O–H groups in total. The summed E-state index contributed by atoms with van der Waals surface area (Å²) < 4.78 is 0. The second kappa shape index (κ2) is 8.25. The lowest BCUT2D eigenvalue weighted by molar-refractivity contribution is 0.0535. The van der Waals surface area contributed by atoms with Crippen LogP contribution in [-0.4, -0.2) is 61.9 Å². The van der Waals surface area contributed by atoms with Crippen molar-refractivity contribution >= 4 is 17.5 Å². The monoisotopic (exact) mass is 365 g/mol. The first-order valence-electron chi connectivity index (χ1n) is 9.44. The lowest BCUT2D eigenvalue weighted by Crippen LogP contribution is -2.50. The van der Waals surface area contributed by atoms with Gasteiger partial charge in [-0.2, -0.15) is 0 Å². The van der Waals surface area contributed by atoms with E-state index < -0.39 is 0 Å². The maximum absolute atomic E-state index is 12.8. The first-order chi connectivity index (χ1) is 13.0. The number of carbonyl (C=O) groups excluding carboxylic acids is 2. The van der Waals surface area contributed by atoms with Gasteiger partial charge in [-0.1, -0.05) is 25.1 Å². The van der Waals surface area contributed by atoms with Crippen molar-refractivity contribution in [2.24, 2.45) is 0 Å². The highest BCUT2D eigenvalue weighted by molar-refractivity contribution is 5.96. The third kappa shape index (κ3) is 4.30. The molecule has 5 nitrogen and oxygen atoms in total. The highest BCUT2D eigenvalue weighted by Crippen LogP contribution is 2.17. The zero-order valence-corrected chi connectivity index (χ0v) is 16.3. The lowest BCUT2D eigenvalue weighted by atomic mass is 10.1. The van der Waals surface area contributed by atoms with E-state index in [1.165, 1.54) is 5.56 Å². The average Bonchev–Trinajstić information content (AvgIpc) is 2.73. The van der Waals surface area contributed by atoms with Gasteiger partial charge in [0.2, 0.25) is 0 Å². The third-order valence-corrected chi connectivity index (χ3v) is 5.07. The quantitative estimate of drug-likeness (QED) is 0.837. The Labute approximate surface area is 161 Å². The van der Waals surface area contributed by atoms with Crippen molar-refractivity contribution in [2.75, 3.05) is 45.2 Å². The minimum Gasteiger partial charge on any atom is -0.378 e. The number of amides is 2. The lowest BCUT2D eigenvalue weighted by Gasteiger charge is -2.35. The SMILES string of the molecule is CCc1ccc(C(=O)N2CCN(C(=O)c3cccc(N(C)C)c3)CC2)cc1. The largest absolute Gasteiger partial charge is 0.378 e. The molecule has 1 fully saturated rings. The molecule has 27 heavy (non-hydrogen) atoms. The average molecular weight is 365 g/mol. The van der Waals surface area contributed by atoms with Gasteiger partial charge in [0, 0.05) is 57.1 Å². The predicted octanol–water partition coefficient (Wildman–Crippen LogP) is 2.91. The molecule has 0 radical (unpaired) electrons. The number of hydrogen-bond acceptors (Lipinski definition) is 3. The van der Waals surface area contributed by atoms with Crippen LogP contribution in [0.3, 0.4) is 0 Å². The molecule has 5 heteroatoms. The van der Waals surface area contributed by atoms with E-state index in [-0.39, 0.29) is 11.8 Å². The number of rotatable bonds is 4. The van der Waals surface area contributed by atoms with Gasteiger partial charge in [0.25, 0.3) is 11.8 Å². The molecule has 0 spiro atoms. The summed E-state index contributed by atoms with van der Waals surface area (Å²) in [5, 5.41) is 0. The molecule has 0 saturated carbocycles.